The van der Waals surface area contributed by atoms with Gasteiger partial charge in [0.1, 0.15) is 6.04 Å². The van der Waals surface area contributed by atoms with E-state index in [2.05, 4.69) is 10.6 Å². The van der Waals surface area contributed by atoms with Gasteiger partial charge in [0, 0.05) is 6.42 Å². The second-order valence-corrected chi connectivity index (χ2v) is 3.99. The van der Waals surface area contributed by atoms with Crippen LogP contribution in [-0.2, 0) is 9.59 Å². The number of amides is 2. The molecule has 2 amide bonds. The van der Waals surface area contributed by atoms with Gasteiger partial charge in [0.2, 0.25) is 5.91 Å². The molecule has 2 rings (SSSR count). The SMILES string of the molecule is O=C(O)CC[C@H]1NC(=O)c2ccccc2NC1=O. The Morgan fingerprint density at radius 1 is 1.28 bits per heavy atom. The number of nitrogens with one attached hydrogen (secondary N) is 2. The number of rotatable bonds is 3. The molecule has 0 aliphatic carbocycles. The Morgan fingerprint density at radius 3 is 2.72 bits per heavy atom. The van der Waals surface area contributed by atoms with Crippen LogP contribution in [-0.4, -0.2) is 28.9 Å². The van der Waals surface area contributed by atoms with Crippen LogP contribution in [0.25, 0.3) is 0 Å². The highest BCUT2D eigenvalue weighted by Gasteiger charge is 2.27. The Labute approximate surface area is 103 Å². The van der Waals surface area contributed by atoms with Crippen LogP contribution in [0.3, 0.4) is 0 Å². The predicted molar refractivity (Wildman–Crippen MR) is 63.2 cm³/mol. The number of hydrogen-bond acceptors (Lipinski definition) is 3. The largest absolute Gasteiger partial charge is 0.481 e. The Bertz CT molecular complexity index is 513. The summed E-state index contributed by atoms with van der Waals surface area (Å²) in [6.07, 6.45) is -0.102. The van der Waals surface area contributed by atoms with Gasteiger partial charge in [-0.15, -0.1) is 0 Å². The summed E-state index contributed by atoms with van der Waals surface area (Å²) in [6.45, 7) is 0. The quantitative estimate of drug-likeness (QED) is 0.730. The summed E-state index contributed by atoms with van der Waals surface area (Å²) in [5.41, 5.74) is 0.821. The van der Waals surface area contributed by atoms with Crippen molar-refractivity contribution < 1.29 is 19.5 Å². The smallest absolute Gasteiger partial charge is 0.303 e. The van der Waals surface area contributed by atoms with Crippen LogP contribution >= 0.6 is 0 Å². The molecule has 0 fully saturated rings. The second-order valence-electron chi connectivity index (χ2n) is 3.99. The first-order valence-corrected chi connectivity index (χ1v) is 5.50. The fourth-order valence-electron chi connectivity index (χ4n) is 1.78. The van der Waals surface area contributed by atoms with Crippen molar-refractivity contribution in [3.8, 4) is 0 Å². The number of para-hydroxylation sites is 1. The van der Waals surface area contributed by atoms with Crippen molar-refractivity contribution in [2.75, 3.05) is 5.32 Å². The van der Waals surface area contributed by atoms with E-state index >= 15 is 0 Å². The molecule has 1 aromatic rings. The summed E-state index contributed by atoms with van der Waals surface area (Å²) >= 11 is 0. The lowest BCUT2D eigenvalue weighted by Crippen LogP contribution is -2.41. The van der Waals surface area contributed by atoms with Crippen molar-refractivity contribution in [3.05, 3.63) is 29.8 Å². The van der Waals surface area contributed by atoms with Crippen LogP contribution in [0.5, 0.6) is 0 Å². The maximum atomic E-state index is 11.9. The van der Waals surface area contributed by atoms with E-state index in [0.29, 0.717) is 11.3 Å². The minimum atomic E-state index is -1.00. The Morgan fingerprint density at radius 2 is 2.00 bits per heavy atom. The molecule has 1 aliphatic rings. The number of benzene rings is 1. The highest BCUT2D eigenvalue weighted by molar-refractivity contribution is 6.09. The number of carboxylic acids is 1. The summed E-state index contributed by atoms with van der Waals surface area (Å²) in [4.78, 5) is 34.2. The molecule has 1 heterocycles. The van der Waals surface area contributed by atoms with Crippen molar-refractivity contribution >= 4 is 23.5 Å². The number of aliphatic carboxylic acids is 1. The zero-order chi connectivity index (χ0) is 13.1. The third-order valence-corrected chi connectivity index (χ3v) is 2.70. The van der Waals surface area contributed by atoms with Crippen molar-refractivity contribution in [2.45, 2.75) is 18.9 Å². The zero-order valence-electron chi connectivity index (χ0n) is 9.47. The van der Waals surface area contributed by atoms with Gasteiger partial charge in [-0.05, 0) is 18.6 Å². The zero-order valence-corrected chi connectivity index (χ0v) is 9.47. The van der Waals surface area contributed by atoms with Crippen molar-refractivity contribution in [3.63, 3.8) is 0 Å². The van der Waals surface area contributed by atoms with Crippen LogP contribution in [0.4, 0.5) is 5.69 Å². The molecule has 94 valence electrons. The third kappa shape index (κ3) is 2.48. The minimum absolute atomic E-state index is 0.0703. The van der Waals surface area contributed by atoms with Crippen LogP contribution in [0.2, 0.25) is 0 Å². The van der Waals surface area contributed by atoms with E-state index in [-0.39, 0.29) is 18.7 Å². The standard InChI is InChI=1S/C12H12N2O4/c15-10(16)6-5-9-12(18)13-8-4-2-1-3-7(8)11(17)14-9/h1-4,9H,5-6H2,(H,13,18)(H,14,17)(H,15,16)/t9-/m1/s1. The van der Waals surface area contributed by atoms with E-state index < -0.39 is 17.9 Å². The molecule has 0 unspecified atom stereocenters. The summed E-state index contributed by atoms with van der Waals surface area (Å²) in [5, 5.41) is 13.7. The molecule has 0 spiro atoms. The number of anilines is 1. The van der Waals surface area contributed by atoms with E-state index in [1.165, 1.54) is 0 Å². The Kier molecular flexibility index (Phi) is 3.27. The Balaban J connectivity index is 2.19. The number of fused-ring (bicyclic) bond motifs is 1. The Hall–Kier alpha value is -2.37. The molecule has 6 nitrogen and oxygen atoms in total. The molecule has 0 aromatic heterocycles. The topological polar surface area (TPSA) is 95.5 Å². The lowest BCUT2D eigenvalue weighted by Gasteiger charge is -2.12. The molecule has 1 atom stereocenters. The van der Waals surface area contributed by atoms with Gasteiger partial charge >= 0.3 is 5.97 Å². The second kappa shape index (κ2) is 4.87. The van der Waals surface area contributed by atoms with Crippen LogP contribution in [0.1, 0.15) is 23.2 Å². The highest BCUT2D eigenvalue weighted by Crippen LogP contribution is 2.19. The van der Waals surface area contributed by atoms with Gasteiger partial charge in [-0.1, -0.05) is 12.1 Å². The molecule has 1 aliphatic heterocycles. The molecule has 0 radical (unpaired) electrons. The monoisotopic (exact) mass is 248 g/mol. The minimum Gasteiger partial charge on any atom is -0.481 e. The van der Waals surface area contributed by atoms with Gasteiger partial charge in [0.05, 0.1) is 11.3 Å². The fourth-order valence-corrected chi connectivity index (χ4v) is 1.78. The lowest BCUT2D eigenvalue weighted by molar-refractivity contribution is -0.137. The summed E-state index contributed by atoms with van der Waals surface area (Å²) in [5.74, 6) is -1.77. The molecular weight excluding hydrogens is 236 g/mol. The van der Waals surface area contributed by atoms with Crippen molar-refractivity contribution in [1.82, 2.24) is 5.32 Å². The average molecular weight is 248 g/mol. The first-order chi connectivity index (χ1) is 8.58. The molecule has 18 heavy (non-hydrogen) atoms. The van der Waals surface area contributed by atoms with Gasteiger partial charge < -0.3 is 15.7 Å². The maximum Gasteiger partial charge on any atom is 0.303 e. The van der Waals surface area contributed by atoms with Gasteiger partial charge in [0.25, 0.3) is 5.91 Å². The highest BCUT2D eigenvalue weighted by atomic mass is 16.4. The number of hydrogen-bond donors (Lipinski definition) is 3. The maximum absolute atomic E-state index is 11.9. The molecule has 0 saturated carbocycles. The number of carbonyl (C=O) groups is 3. The fraction of sp³-hybridized carbons (Fsp3) is 0.250. The van der Waals surface area contributed by atoms with Crippen LogP contribution in [0.15, 0.2) is 24.3 Å². The molecule has 1 aromatic carbocycles. The van der Waals surface area contributed by atoms with E-state index in [1.54, 1.807) is 24.3 Å². The van der Waals surface area contributed by atoms with Gasteiger partial charge in [0.15, 0.2) is 0 Å². The summed E-state index contributed by atoms with van der Waals surface area (Å²) < 4.78 is 0. The van der Waals surface area contributed by atoms with E-state index in [1.807, 2.05) is 0 Å². The molecule has 0 bridgehead atoms. The van der Waals surface area contributed by atoms with Crippen LogP contribution in [0, 0.1) is 0 Å². The first kappa shape index (κ1) is 12.1. The first-order valence-electron chi connectivity index (χ1n) is 5.50. The van der Waals surface area contributed by atoms with Gasteiger partial charge in [-0.25, -0.2) is 0 Å². The van der Waals surface area contributed by atoms with E-state index in [4.69, 9.17) is 5.11 Å². The van der Waals surface area contributed by atoms with Gasteiger partial charge in [-0.2, -0.15) is 0 Å². The summed E-state index contributed by atoms with van der Waals surface area (Å²) in [7, 11) is 0. The predicted octanol–water partition coefficient (Wildman–Crippen LogP) is 0.602. The van der Waals surface area contributed by atoms with E-state index in [9.17, 15) is 14.4 Å². The van der Waals surface area contributed by atoms with Gasteiger partial charge in [-0.3, -0.25) is 14.4 Å². The van der Waals surface area contributed by atoms with Crippen molar-refractivity contribution in [2.24, 2.45) is 0 Å². The average Bonchev–Trinajstić information content (AvgIpc) is 2.45. The number of carboxylic acid groups (broad SMARTS) is 1. The van der Waals surface area contributed by atoms with E-state index in [0.717, 1.165) is 0 Å². The molecule has 3 N–H and O–H groups in total. The molecule has 6 heteroatoms. The summed E-state index contributed by atoms with van der Waals surface area (Å²) in [6, 6.07) is 5.82. The molecular formula is C12H12N2O4. The van der Waals surface area contributed by atoms with Crippen LogP contribution < -0.4 is 10.6 Å². The molecule has 0 saturated heterocycles. The normalized spacial score (nSPS) is 18.3. The van der Waals surface area contributed by atoms with Crippen molar-refractivity contribution in [1.29, 1.82) is 0 Å². The number of carbonyl (C=O) groups excluding carboxylic acids is 2. The lowest BCUT2D eigenvalue weighted by atomic mass is 10.1. The third-order valence-electron chi connectivity index (χ3n) is 2.70.